The number of carbonyl (C=O) groups excluding carboxylic acids is 1. The van der Waals surface area contributed by atoms with E-state index in [4.69, 9.17) is 9.47 Å². The molecular formula is C24H34FN3O3. The van der Waals surface area contributed by atoms with E-state index in [9.17, 15) is 9.18 Å². The number of ether oxygens (including phenoxy) is 2. The minimum atomic E-state index is -0.394. The van der Waals surface area contributed by atoms with Crippen LogP contribution in [-0.4, -0.2) is 61.4 Å². The number of carbonyl (C=O) groups is 1. The third-order valence-corrected chi connectivity index (χ3v) is 6.96. The van der Waals surface area contributed by atoms with Crippen LogP contribution in [0.1, 0.15) is 48.7 Å². The Kier molecular flexibility index (Phi) is 6.82. The highest BCUT2D eigenvalue weighted by Crippen LogP contribution is 2.34. The summed E-state index contributed by atoms with van der Waals surface area (Å²) in [6, 6.07) is 3.04. The number of rotatable bonds is 6. The van der Waals surface area contributed by atoms with Crippen LogP contribution in [0.3, 0.4) is 0 Å². The molecule has 1 saturated carbocycles. The van der Waals surface area contributed by atoms with Gasteiger partial charge in [0.05, 0.1) is 31.4 Å². The molecule has 4 rings (SSSR count). The van der Waals surface area contributed by atoms with Crippen molar-refractivity contribution in [1.29, 1.82) is 0 Å². The lowest BCUT2D eigenvalue weighted by Crippen LogP contribution is -2.41. The Morgan fingerprint density at radius 1 is 1.23 bits per heavy atom. The van der Waals surface area contributed by atoms with E-state index in [-0.39, 0.29) is 11.9 Å². The molecule has 2 heterocycles. The molecule has 2 aliphatic rings. The van der Waals surface area contributed by atoms with Gasteiger partial charge in [0.25, 0.3) is 5.91 Å². The van der Waals surface area contributed by atoms with Crippen LogP contribution in [0.2, 0.25) is 0 Å². The van der Waals surface area contributed by atoms with Crippen molar-refractivity contribution in [3.63, 3.8) is 0 Å². The number of hydrogen-bond donors (Lipinski definition) is 1. The van der Waals surface area contributed by atoms with E-state index in [1.54, 1.807) is 7.11 Å². The highest BCUT2D eigenvalue weighted by Gasteiger charge is 2.28. The number of amides is 1. The lowest BCUT2D eigenvalue weighted by molar-refractivity contribution is 0.0365. The van der Waals surface area contributed by atoms with Crippen LogP contribution in [0.4, 0.5) is 4.39 Å². The van der Waals surface area contributed by atoms with Crippen molar-refractivity contribution in [2.75, 3.05) is 40.0 Å². The van der Waals surface area contributed by atoms with Crippen molar-refractivity contribution in [3.8, 4) is 5.75 Å². The summed E-state index contributed by atoms with van der Waals surface area (Å²) in [5.41, 5.74) is 2.21. The lowest BCUT2D eigenvalue weighted by Gasteiger charge is -2.29. The maximum absolute atomic E-state index is 14.4. The van der Waals surface area contributed by atoms with E-state index in [1.807, 2.05) is 6.92 Å². The zero-order valence-corrected chi connectivity index (χ0v) is 18.9. The number of nitrogens with one attached hydrogen (secondary N) is 1. The Morgan fingerprint density at radius 2 is 1.97 bits per heavy atom. The van der Waals surface area contributed by atoms with Gasteiger partial charge >= 0.3 is 0 Å². The molecule has 2 unspecified atom stereocenters. The predicted octanol–water partition coefficient (Wildman–Crippen LogP) is 3.74. The molecule has 2 fully saturated rings. The molecule has 1 aliphatic heterocycles. The van der Waals surface area contributed by atoms with Crippen molar-refractivity contribution >= 4 is 16.8 Å². The fourth-order valence-corrected chi connectivity index (χ4v) is 5.10. The quantitative estimate of drug-likeness (QED) is 0.757. The fraction of sp³-hybridized carbons (Fsp3) is 0.625. The van der Waals surface area contributed by atoms with Crippen LogP contribution in [-0.2, 0) is 11.3 Å². The van der Waals surface area contributed by atoms with Gasteiger partial charge in [0.15, 0.2) is 0 Å². The largest absolute Gasteiger partial charge is 0.494 e. The van der Waals surface area contributed by atoms with Crippen LogP contribution in [0, 0.1) is 18.7 Å². The molecule has 7 heteroatoms. The molecule has 1 saturated heterocycles. The minimum absolute atomic E-state index is 0.112. The van der Waals surface area contributed by atoms with Gasteiger partial charge in [-0.15, -0.1) is 0 Å². The molecule has 0 radical (unpaired) electrons. The van der Waals surface area contributed by atoms with Gasteiger partial charge in [-0.1, -0.05) is 19.8 Å². The summed E-state index contributed by atoms with van der Waals surface area (Å²) >= 11 is 0. The Balaban J connectivity index is 1.69. The summed E-state index contributed by atoms with van der Waals surface area (Å²) in [6.07, 6.45) is 4.49. The molecule has 0 spiro atoms. The number of nitrogens with zero attached hydrogens (tertiary/aromatic N) is 2. The molecule has 2 atom stereocenters. The first-order chi connectivity index (χ1) is 15.0. The van der Waals surface area contributed by atoms with E-state index >= 15 is 0 Å². The van der Waals surface area contributed by atoms with Gasteiger partial charge < -0.3 is 19.4 Å². The van der Waals surface area contributed by atoms with E-state index in [2.05, 4.69) is 21.7 Å². The third-order valence-electron chi connectivity index (χ3n) is 6.96. The average molecular weight is 432 g/mol. The summed E-state index contributed by atoms with van der Waals surface area (Å²) in [4.78, 5) is 15.8. The second-order valence-corrected chi connectivity index (χ2v) is 8.91. The van der Waals surface area contributed by atoms with E-state index in [0.717, 1.165) is 63.3 Å². The standard InChI is InChI=1S/C24H34FN3O3/c1-16-6-4-5-7-20(16)26-24(29)22-17(2)28(9-8-27-10-12-31-13-11-27)23-19(22)14-18(25)15-21(23)30-3/h14-16,20H,4-13H2,1-3H3,(H,26,29). The summed E-state index contributed by atoms with van der Waals surface area (Å²) in [5, 5.41) is 3.87. The summed E-state index contributed by atoms with van der Waals surface area (Å²) in [5.74, 6) is 0.415. The molecule has 2 aromatic rings. The third kappa shape index (κ3) is 4.58. The fourth-order valence-electron chi connectivity index (χ4n) is 5.10. The number of halogens is 1. The molecule has 1 aliphatic carbocycles. The molecule has 1 amide bonds. The summed E-state index contributed by atoms with van der Waals surface area (Å²) in [6.45, 7) is 8.99. The van der Waals surface area contributed by atoms with Crippen LogP contribution in [0.15, 0.2) is 12.1 Å². The zero-order valence-electron chi connectivity index (χ0n) is 18.9. The molecular weight excluding hydrogens is 397 g/mol. The monoisotopic (exact) mass is 431 g/mol. The van der Waals surface area contributed by atoms with Crippen LogP contribution >= 0.6 is 0 Å². The number of benzene rings is 1. The second-order valence-electron chi connectivity index (χ2n) is 8.91. The lowest BCUT2D eigenvalue weighted by atomic mass is 9.86. The van der Waals surface area contributed by atoms with Crippen LogP contribution < -0.4 is 10.1 Å². The maximum atomic E-state index is 14.4. The molecule has 1 aromatic heterocycles. The average Bonchev–Trinajstić information content (AvgIpc) is 3.05. The van der Waals surface area contributed by atoms with E-state index < -0.39 is 5.82 Å². The molecule has 1 N–H and O–H groups in total. The maximum Gasteiger partial charge on any atom is 0.253 e. The van der Waals surface area contributed by atoms with Gasteiger partial charge in [0.2, 0.25) is 0 Å². The summed E-state index contributed by atoms with van der Waals surface area (Å²) in [7, 11) is 1.55. The Bertz CT molecular complexity index is 936. The van der Waals surface area contributed by atoms with Crippen LogP contribution in [0.25, 0.3) is 10.9 Å². The van der Waals surface area contributed by atoms with Gasteiger partial charge in [-0.05, 0) is 31.7 Å². The Morgan fingerprint density at radius 3 is 2.68 bits per heavy atom. The summed E-state index contributed by atoms with van der Waals surface area (Å²) < 4.78 is 27.5. The minimum Gasteiger partial charge on any atom is -0.494 e. The number of hydrogen-bond acceptors (Lipinski definition) is 4. The van der Waals surface area contributed by atoms with Crippen molar-refractivity contribution < 1.29 is 18.7 Å². The zero-order chi connectivity index (χ0) is 22.0. The number of morpholine rings is 1. The Hall–Kier alpha value is -2.12. The Labute approximate surface area is 183 Å². The highest BCUT2D eigenvalue weighted by molar-refractivity contribution is 6.09. The van der Waals surface area contributed by atoms with Crippen molar-refractivity contribution in [3.05, 3.63) is 29.2 Å². The van der Waals surface area contributed by atoms with Crippen molar-refractivity contribution in [2.45, 2.75) is 52.1 Å². The molecule has 6 nitrogen and oxygen atoms in total. The normalized spacial score (nSPS) is 22.6. The highest BCUT2D eigenvalue weighted by atomic mass is 19.1. The number of fused-ring (bicyclic) bond motifs is 1. The first-order valence-electron chi connectivity index (χ1n) is 11.5. The van der Waals surface area contributed by atoms with Gasteiger partial charge in [-0.2, -0.15) is 0 Å². The smallest absolute Gasteiger partial charge is 0.253 e. The second kappa shape index (κ2) is 9.57. The molecule has 0 bridgehead atoms. The predicted molar refractivity (Wildman–Crippen MR) is 119 cm³/mol. The van der Waals surface area contributed by atoms with Gasteiger partial charge in [0.1, 0.15) is 11.6 Å². The topological polar surface area (TPSA) is 55.7 Å². The van der Waals surface area contributed by atoms with Crippen LogP contribution in [0.5, 0.6) is 5.75 Å². The first-order valence-corrected chi connectivity index (χ1v) is 11.5. The first kappa shape index (κ1) is 22.1. The van der Waals surface area contributed by atoms with E-state index in [0.29, 0.717) is 29.2 Å². The molecule has 1 aromatic carbocycles. The molecule has 170 valence electrons. The van der Waals surface area contributed by atoms with Gasteiger partial charge in [-0.25, -0.2) is 4.39 Å². The van der Waals surface area contributed by atoms with Crippen molar-refractivity contribution in [2.24, 2.45) is 5.92 Å². The van der Waals surface area contributed by atoms with Gasteiger partial charge in [-0.3, -0.25) is 9.69 Å². The SMILES string of the molecule is COc1cc(F)cc2c(C(=O)NC3CCCCC3C)c(C)n(CCN3CCOCC3)c12. The van der Waals surface area contributed by atoms with Crippen molar-refractivity contribution in [1.82, 2.24) is 14.8 Å². The number of methoxy groups -OCH3 is 1. The number of aromatic nitrogens is 1. The van der Waals surface area contributed by atoms with E-state index in [1.165, 1.54) is 18.6 Å². The molecule has 31 heavy (non-hydrogen) atoms. The van der Waals surface area contributed by atoms with Gasteiger partial charge in [0, 0.05) is 49.4 Å².